The first kappa shape index (κ1) is 12.6. The van der Waals surface area contributed by atoms with Gasteiger partial charge in [0.1, 0.15) is 18.0 Å². The lowest BCUT2D eigenvalue weighted by Gasteiger charge is -2.06. The van der Waals surface area contributed by atoms with Gasteiger partial charge in [-0.3, -0.25) is 9.59 Å². The number of nitrogens with zero attached hydrogens (tertiary/aromatic N) is 1. The topological polar surface area (TPSA) is 107 Å². The number of imide groups is 1. The molecule has 0 spiro atoms. The molecule has 0 aromatic heterocycles. The largest absolute Gasteiger partial charge is 0.508 e. The fourth-order valence-electron chi connectivity index (χ4n) is 1.59. The Balaban J connectivity index is 2.23. The molecular formula is C12H10N2O5. The maximum absolute atomic E-state index is 11.8. The molecule has 0 radical (unpaired) electrons. The second-order valence-electron chi connectivity index (χ2n) is 3.86. The van der Waals surface area contributed by atoms with Gasteiger partial charge >= 0.3 is 12.0 Å². The highest BCUT2D eigenvalue weighted by Crippen LogP contribution is 2.16. The first-order valence-corrected chi connectivity index (χ1v) is 5.33. The van der Waals surface area contributed by atoms with Gasteiger partial charge < -0.3 is 15.5 Å². The zero-order valence-electron chi connectivity index (χ0n) is 9.66. The van der Waals surface area contributed by atoms with E-state index in [-0.39, 0.29) is 11.4 Å². The third-order valence-corrected chi connectivity index (χ3v) is 2.46. The minimum Gasteiger partial charge on any atom is -0.508 e. The summed E-state index contributed by atoms with van der Waals surface area (Å²) in [6.45, 7) is -0.683. The highest BCUT2D eigenvalue weighted by atomic mass is 16.4. The maximum Gasteiger partial charge on any atom is 0.329 e. The van der Waals surface area contributed by atoms with Gasteiger partial charge in [-0.25, -0.2) is 9.69 Å². The highest BCUT2D eigenvalue weighted by Gasteiger charge is 2.34. The van der Waals surface area contributed by atoms with Crippen LogP contribution in [0.4, 0.5) is 4.79 Å². The number of aliphatic carboxylic acids is 1. The molecular weight excluding hydrogens is 252 g/mol. The summed E-state index contributed by atoms with van der Waals surface area (Å²) in [6, 6.07) is 5.21. The molecule has 1 aliphatic rings. The molecule has 3 N–H and O–H groups in total. The lowest BCUT2D eigenvalue weighted by atomic mass is 10.2. The third-order valence-electron chi connectivity index (χ3n) is 2.46. The van der Waals surface area contributed by atoms with Gasteiger partial charge in [-0.15, -0.1) is 0 Å². The van der Waals surface area contributed by atoms with Crippen LogP contribution in [0.25, 0.3) is 6.08 Å². The second-order valence-corrected chi connectivity index (χ2v) is 3.86. The number of hydrogen-bond acceptors (Lipinski definition) is 4. The smallest absolute Gasteiger partial charge is 0.329 e. The molecule has 19 heavy (non-hydrogen) atoms. The number of phenolic OH excluding ortho intramolecular Hbond substituents is 1. The summed E-state index contributed by atoms with van der Waals surface area (Å²) >= 11 is 0. The third kappa shape index (κ3) is 2.71. The molecule has 3 amide bonds. The fourth-order valence-corrected chi connectivity index (χ4v) is 1.59. The normalized spacial score (nSPS) is 16.8. The Morgan fingerprint density at radius 2 is 1.89 bits per heavy atom. The summed E-state index contributed by atoms with van der Waals surface area (Å²) in [7, 11) is 0. The number of carbonyl (C=O) groups excluding carboxylic acids is 2. The quantitative estimate of drug-likeness (QED) is 0.539. The summed E-state index contributed by atoms with van der Waals surface area (Å²) in [4.78, 5) is 34.3. The van der Waals surface area contributed by atoms with Crippen molar-refractivity contribution in [1.82, 2.24) is 10.2 Å². The van der Waals surface area contributed by atoms with Gasteiger partial charge in [-0.1, -0.05) is 12.1 Å². The van der Waals surface area contributed by atoms with Crippen molar-refractivity contribution in [3.05, 3.63) is 35.5 Å². The number of amides is 3. The minimum atomic E-state index is -1.27. The minimum absolute atomic E-state index is 0.00283. The number of carboxylic acid groups (broad SMARTS) is 1. The fraction of sp³-hybridized carbons (Fsp3) is 0.0833. The molecule has 98 valence electrons. The molecule has 1 aromatic carbocycles. The Kier molecular flexibility index (Phi) is 3.19. The first-order valence-electron chi connectivity index (χ1n) is 5.33. The van der Waals surface area contributed by atoms with E-state index < -0.39 is 24.5 Å². The number of nitrogens with one attached hydrogen (secondary N) is 1. The molecule has 7 nitrogen and oxygen atoms in total. The van der Waals surface area contributed by atoms with Gasteiger partial charge in [0.05, 0.1) is 0 Å². The number of carboxylic acids is 1. The van der Waals surface area contributed by atoms with Gasteiger partial charge in [0, 0.05) is 0 Å². The SMILES string of the molecule is O=C(O)CN1C(=O)N/C(=C\c2ccc(O)cc2)C1=O. The summed E-state index contributed by atoms with van der Waals surface area (Å²) < 4.78 is 0. The summed E-state index contributed by atoms with van der Waals surface area (Å²) in [6.07, 6.45) is 1.40. The van der Waals surface area contributed by atoms with E-state index in [1.807, 2.05) is 0 Å². The number of urea groups is 1. The number of rotatable bonds is 3. The Bertz CT molecular complexity index is 576. The molecule has 1 aromatic rings. The molecule has 0 atom stereocenters. The van der Waals surface area contributed by atoms with Crippen LogP contribution in [-0.4, -0.2) is 39.6 Å². The van der Waals surface area contributed by atoms with Crippen molar-refractivity contribution in [3.8, 4) is 5.75 Å². The van der Waals surface area contributed by atoms with E-state index >= 15 is 0 Å². The van der Waals surface area contributed by atoms with E-state index in [4.69, 9.17) is 10.2 Å². The van der Waals surface area contributed by atoms with Crippen LogP contribution in [0.3, 0.4) is 0 Å². The molecule has 0 aliphatic carbocycles. The maximum atomic E-state index is 11.8. The lowest BCUT2D eigenvalue weighted by molar-refractivity contribution is -0.140. The van der Waals surface area contributed by atoms with Gasteiger partial charge in [-0.05, 0) is 23.8 Å². The van der Waals surface area contributed by atoms with Gasteiger partial charge in [0.15, 0.2) is 0 Å². The average molecular weight is 262 g/mol. The van der Waals surface area contributed by atoms with E-state index in [2.05, 4.69) is 5.32 Å². The van der Waals surface area contributed by atoms with E-state index in [0.29, 0.717) is 10.5 Å². The van der Waals surface area contributed by atoms with Crippen LogP contribution in [-0.2, 0) is 9.59 Å². The molecule has 7 heteroatoms. The molecule has 0 saturated carbocycles. The number of benzene rings is 1. The van der Waals surface area contributed by atoms with Gasteiger partial charge in [-0.2, -0.15) is 0 Å². The van der Waals surface area contributed by atoms with E-state index in [1.54, 1.807) is 12.1 Å². The van der Waals surface area contributed by atoms with E-state index in [0.717, 1.165) is 0 Å². The van der Waals surface area contributed by atoms with Crippen LogP contribution < -0.4 is 5.32 Å². The Morgan fingerprint density at radius 3 is 2.47 bits per heavy atom. The summed E-state index contributed by atoms with van der Waals surface area (Å²) in [5.41, 5.74) is 0.593. The van der Waals surface area contributed by atoms with Crippen LogP contribution in [0, 0.1) is 0 Å². The van der Waals surface area contributed by atoms with Crippen molar-refractivity contribution in [1.29, 1.82) is 0 Å². The van der Waals surface area contributed by atoms with Gasteiger partial charge in [0.25, 0.3) is 5.91 Å². The number of carbonyl (C=O) groups is 3. The predicted octanol–water partition coefficient (Wildman–Crippen LogP) is 0.369. The molecule has 1 heterocycles. The van der Waals surface area contributed by atoms with Crippen molar-refractivity contribution >= 4 is 24.0 Å². The molecule has 1 saturated heterocycles. The average Bonchev–Trinajstić information content (AvgIpc) is 2.60. The number of phenols is 1. The van der Waals surface area contributed by atoms with E-state index in [1.165, 1.54) is 18.2 Å². The molecule has 0 unspecified atom stereocenters. The summed E-state index contributed by atoms with van der Waals surface area (Å²) in [5, 5.41) is 20.0. The van der Waals surface area contributed by atoms with Crippen molar-refractivity contribution < 1.29 is 24.6 Å². The van der Waals surface area contributed by atoms with Crippen molar-refractivity contribution in [2.45, 2.75) is 0 Å². The molecule has 1 aliphatic heterocycles. The molecule has 1 fully saturated rings. The Hall–Kier alpha value is -2.83. The van der Waals surface area contributed by atoms with Gasteiger partial charge in [0.2, 0.25) is 0 Å². The van der Waals surface area contributed by atoms with E-state index in [9.17, 15) is 14.4 Å². The van der Waals surface area contributed by atoms with Crippen LogP contribution in [0.1, 0.15) is 5.56 Å². The second kappa shape index (κ2) is 4.81. The zero-order chi connectivity index (χ0) is 14.0. The lowest BCUT2D eigenvalue weighted by Crippen LogP contribution is -2.35. The predicted molar refractivity (Wildman–Crippen MR) is 64.0 cm³/mol. The Morgan fingerprint density at radius 1 is 1.26 bits per heavy atom. The van der Waals surface area contributed by atoms with Crippen molar-refractivity contribution in [2.24, 2.45) is 0 Å². The highest BCUT2D eigenvalue weighted by molar-refractivity contribution is 6.15. The first-order chi connectivity index (χ1) is 8.97. The Labute approximate surface area is 107 Å². The number of aromatic hydroxyl groups is 1. The summed E-state index contributed by atoms with van der Waals surface area (Å²) in [5.74, 6) is -1.88. The van der Waals surface area contributed by atoms with Crippen molar-refractivity contribution in [3.63, 3.8) is 0 Å². The zero-order valence-corrected chi connectivity index (χ0v) is 9.66. The molecule has 2 rings (SSSR count). The molecule has 0 bridgehead atoms. The van der Waals surface area contributed by atoms with Crippen LogP contribution in [0.15, 0.2) is 30.0 Å². The standard InChI is InChI=1S/C12H10N2O5/c15-8-3-1-7(2-4-8)5-9-11(18)14(6-10(16)17)12(19)13-9/h1-5,15H,6H2,(H,13,19)(H,16,17)/b9-5-. The van der Waals surface area contributed by atoms with Crippen LogP contribution in [0.2, 0.25) is 0 Å². The number of hydrogen-bond donors (Lipinski definition) is 3. The van der Waals surface area contributed by atoms with Crippen molar-refractivity contribution in [2.75, 3.05) is 6.54 Å². The van der Waals surface area contributed by atoms with Crippen LogP contribution in [0.5, 0.6) is 5.75 Å². The monoisotopic (exact) mass is 262 g/mol. The van der Waals surface area contributed by atoms with Crippen LogP contribution >= 0.6 is 0 Å².